The molecule has 7 nitrogen and oxygen atoms in total. The van der Waals surface area contributed by atoms with Crippen LogP contribution in [-0.4, -0.2) is 40.4 Å². The van der Waals surface area contributed by atoms with Crippen LogP contribution in [0.15, 0.2) is 54.5 Å². The van der Waals surface area contributed by atoms with Gasteiger partial charge in [0.15, 0.2) is 17.4 Å². The maximum atomic E-state index is 13.6. The van der Waals surface area contributed by atoms with Crippen molar-refractivity contribution in [2.75, 3.05) is 13.2 Å². The van der Waals surface area contributed by atoms with Gasteiger partial charge in [-0.15, -0.1) is 0 Å². The zero-order chi connectivity index (χ0) is 24.8. The molecule has 6 N–H and O–H groups in total. The minimum Gasteiger partial charge on any atom is -0.485 e. The molecule has 3 aromatic rings. The van der Waals surface area contributed by atoms with Crippen LogP contribution in [0.4, 0.5) is 17.6 Å². The number of nitrogens with one attached hydrogen (secondary N) is 1. The maximum Gasteiger partial charge on any atom is 0.203 e. The van der Waals surface area contributed by atoms with Gasteiger partial charge in [-0.25, -0.2) is 14.6 Å². The number of hydrazine groups is 1. The number of pyridine rings is 1. The first kappa shape index (κ1) is 25.2. The van der Waals surface area contributed by atoms with Crippen LogP contribution in [0.3, 0.4) is 0 Å². The highest BCUT2D eigenvalue weighted by atomic mass is 19.2. The number of nitrogens with zero attached hydrogens (tertiary/aromatic N) is 2. The van der Waals surface area contributed by atoms with Gasteiger partial charge in [0.1, 0.15) is 12.7 Å². The van der Waals surface area contributed by atoms with Crippen molar-refractivity contribution < 1.29 is 27.4 Å². The van der Waals surface area contributed by atoms with Gasteiger partial charge in [0.25, 0.3) is 0 Å². The molecule has 11 heteroatoms. The zero-order valence-electron chi connectivity index (χ0n) is 18.3. The molecule has 0 aliphatic heterocycles. The van der Waals surface area contributed by atoms with Gasteiger partial charge in [-0.2, -0.15) is 8.78 Å². The van der Waals surface area contributed by atoms with Crippen molar-refractivity contribution in [1.82, 2.24) is 15.3 Å². The summed E-state index contributed by atoms with van der Waals surface area (Å²) in [5, 5.41) is 15.4. The average Bonchev–Trinajstić information content (AvgIpc) is 2.80. The van der Waals surface area contributed by atoms with E-state index in [4.69, 9.17) is 16.3 Å². The molecule has 1 heterocycles. The predicted molar refractivity (Wildman–Crippen MR) is 119 cm³/mol. The second-order valence-corrected chi connectivity index (χ2v) is 7.72. The summed E-state index contributed by atoms with van der Waals surface area (Å²) in [6.45, 7) is 1.46. The molecule has 0 saturated carbocycles. The lowest BCUT2D eigenvalue weighted by Crippen LogP contribution is -2.39. The minimum atomic E-state index is -1.69. The first-order chi connectivity index (χ1) is 16.2. The number of aromatic nitrogens is 1. The molecule has 0 amide bonds. The van der Waals surface area contributed by atoms with Gasteiger partial charge in [-0.3, -0.25) is 4.98 Å². The molecule has 2 unspecified atom stereocenters. The normalized spacial score (nSPS) is 13.7. The Balaban J connectivity index is 1.50. The van der Waals surface area contributed by atoms with Gasteiger partial charge >= 0.3 is 0 Å². The summed E-state index contributed by atoms with van der Waals surface area (Å²) in [7, 11) is 0. The molecular formula is C23H25F4N5O2. The van der Waals surface area contributed by atoms with Gasteiger partial charge in [-0.1, -0.05) is 12.1 Å². The molecule has 1 aromatic heterocycles. The topological polar surface area (TPSA) is 110 Å². The van der Waals surface area contributed by atoms with E-state index in [9.17, 15) is 22.7 Å². The molecule has 0 bridgehead atoms. The quantitative estimate of drug-likeness (QED) is 0.153. The molecule has 0 aliphatic rings. The van der Waals surface area contributed by atoms with Gasteiger partial charge < -0.3 is 25.9 Å². The molecule has 0 radical (unpaired) electrons. The second kappa shape index (κ2) is 11.1. The molecule has 3 rings (SSSR count). The van der Waals surface area contributed by atoms with Crippen LogP contribution >= 0.6 is 0 Å². The fourth-order valence-electron chi connectivity index (χ4n) is 3.13. The Morgan fingerprint density at radius 3 is 2.59 bits per heavy atom. The summed E-state index contributed by atoms with van der Waals surface area (Å²) in [6, 6.07) is 9.52. The number of hydrogen-bond donors (Lipinski definition) is 4. The fourth-order valence-corrected chi connectivity index (χ4v) is 3.13. The van der Waals surface area contributed by atoms with Crippen molar-refractivity contribution in [3.8, 4) is 5.75 Å². The van der Waals surface area contributed by atoms with Crippen molar-refractivity contribution in [3.63, 3.8) is 0 Å². The van der Waals surface area contributed by atoms with E-state index in [0.29, 0.717) is 12.2 Å². The Kier molecular flexibility index (Phi) is 8.26. The van der Waals surface area contributed by atoms with Crippen LogP contribution in [0, 0.1) is 23.3 Å². The van der Waals surface area contributed by atoms with E-state index in [1.165, 1.54) is 6.20 Å². The highest BCUT2D eigenvalue weighted by Crippen LogP contribution is 2.26. The Morgan fingerprint density at radius 2 is 1.88 bits per heavy atom. The van der Waals surface area contributed by atoms with Crippen molar-refractivity contribution in [1.29, 1.82) is 0 Å². The van der Waals surface area contributed by atoms with E-state index in [2.05, 4.69) is 10.3 Å². The highest BCUT2D eigenvalue weighted by molar-refractivity contribution is 5.78. The molecule has 182 valence electrons. The monoisotopic (exact) mass is 479 g/mol. The van der Waals surface area contributed by atoms with Gasteiger partial charge in [-0.05, 0) is 30.7 Å². The minimum absolute atomic E-state index is 0.0650. The molecule has 34 heavy (non-hydrogen) atoms. The zero-order valence-corrected chi connectivity index (χ0v) is 18.3. The van der Waals surface area contributed by atoms with Crippen molar-refractivity contribution in [2.24, 2.45) is 11.6 Å². The lowest BCUT2D eigenvalue weighted by molar-refractivity contribution is 0.0772. The standard InChI is InChI=1S/C23H25F4N5O2/c1-13(31-9-14-4-5-20-15(7-14)3-2-6-30-20)19(28)11-32(29)10-16(33)12-34-23-21(26)17(24)8-18(25)22(23)27/h2-8,11,13,16,31,33H,9-10,12,28-29H2,1H3/b19-11-. The fraction of sp³-hybridized carbons (Fsp3) is 0.261. The summed E-state index contributed by atoms with van der Waals surface area (Å²) in [6.07, 6.45) is 1.77. The summed E-state index contributed by atoms with van der Waals surface area (Å²) in [5.74, 6) is -2.04. The molecule has 0 aliphatic carbocycles. The molecule has 0 spiro atoms. The Hall–Kier alpha value is -3.41. The lowest BCUT2D eigenvalue weighted by Gasteiger charge is -2.22. The van der Waals surface area contributed by atoms with E-state index < -0.39 is 41.7 Å². The highest BCUT2D eigenvalue weighted by Gasteiger charge is 2.21. The molecule has 2 atom stereocenters. The molecule has 2 aromatic carbocycles. The van der Waals surface area contributed by atoms with Gasteiger partial charge in [0.05, 0.1) is 12.1 Å². The third-order valence-electron chi connectivity index (χ3n) is 5.01. The van der Waals surface area contributed by atoms with Crippen LogP contribution < -0.4 is 21.6 Å². The van der Waals surface area contributed by atoms with Crippen LogP contribution in [0.5, 0.6) is 5.75 Å². The summed E-state index contributed by atoms with van der Waals surface area (Å²) < 4.78 is 58.5. The van der Waals surface area contributed by atoms with E-state index in [-0.39, 0.29) is 18.7 Å². The first-order valence-electron chi connectivity index (χ1n) is 10.3. The van der Waals surface area contributed by atoms with Gasteiger partial charge in [0, 0.05) is 42.1 Å². The predicted octanol–water partition coefficient (Wildman–Crippen LogP) is 2.69. The number of rotatable bonds is 10. The smallest absolute Gasteiger partial charge is 0.203 e. The van der Waals surface area contributed by atoms with Crippen molar-refractivity contribution >= 4 is 10.9 Å². The van der Waals surface area contributed by atoms with E-state index in [1.807, 2.05) is 37.3 Å². The van der Waals surface area contributed by atoms with Crippen molar-refractivity contribution in [3.05, 3.63) is 83.3 Å². The molecule has 0 saturated heterocycles. The number of hydrogen-bond acceptors (Lipinski definition) is 7. The number of ether oxygens (including phenoxy) is 1. The lowest BCUT2D eigenvalue weighted by atomic mass is 10.1. The van der Waals surface area contributed by atoms with Crippen LogP contribution in [-0.2, 0) is 6.54 Å². The van der Waals surface area contributed by atoms with Crippen LogP contribution in [0.25, 0.3) is 10.9 Å². The Bertz CT molecular complexity index is 1150. The Labute approximate surface area is 193 Å². The average molecular weight is 479 g/mol. The molecule has 0 fully saturated rings. The Morgan fingerprint density at radius 1 is 1.18 bits per heavy atom. The van der Waals surface area contributed by atoms with Crippen LogP contribution in [0.1, 0.15) is 12.5 Å². The third-order valence-corrected chi connectivity index (χ3v) is 5.01. The molecular weight excluding hydrogens is 454 g/mol. The van der Waals surface area contributed by atoms with E-state index >= 15 is 0 Å². The van der Waals surface area contributed by atoms with E-state index in [0.717, 1.165) is 21.5 Å². The van der Waals surface area contributed by atoms with Crippen molar-refractivity contribution in [2.45, 2.75) is 25.6 Å². The number of aliphatic hydroxyl groups excluding tert-OH is 1. The van der Waals surface area contributed by atoms with E-state index in [1.54, 1.807) is 6.20 Å². The number of fused-ring (bicyclic) bond motifs is 1. The maximum absolute atomic E-state index is 13.6. The largest absolute Gasteiger partial charge is 0.485 e. The third kappa shape index (κ3) is 6.34. The SMILES string of the molecule is CC(NCc1ccc2ncccc2c1)/C(N)=C/N(N)CC(O)COc1c(F)c(F)cc(F)c1F. The number of halogens is 4. The number of benzene rings is 2. The first-order valence-corrected chi connectivity index (χ1v) is 10.3. The number of aliphatic hydroxyl groups is 1. The van der Waals surface area contributed by atoms with Gasteiger partial charge in [0.2, 0.25) is 11.6 Å². The summed E-state index contributed by atoms with van der Waals surface area (Å²) in [4.78, 5) is 4.28. The summed E-state index contributed by atoms with van der Waals surface area (Å²) >= 11 is 0. The number of nitrogens with two attached hydrogens (primary N) is 2. The van der Waals surface area contributed by atoms with Crippen LogP contribution in [0.2, 0.25) is 0 Å². The second-order valence-electron chi connectivity index (χ2n) is 7.72. The summed E-state index contributed by atoms with van der Waals surface area (Å²) in [5.41, 5.74) is 8.35.